The van der Waals surface area contributed by atoms with Crippen LogP contribution in [0, 0.1) is 5.92 Å². The van der Waals surface area contributed by atoms with Crippen molar-refractivity contribution in [2.75, 3.05) is 26.7 Å². The lowest BCUT2D eigenvalue weighted by atomic mass is 9.98. The minimum absolute atomic E-state index is 0.386. The Morgan fingerprint density at radius 1 is 1.57 bits per heavy atom. The number of carbonyl (C=O) groups is 2. The zero-order valence-corrected chi connectivity index (χ0v) is 8.32. The second kappa shape index (κ2) is 4.95. The summed E-state index contributed by atoms with van der Waals surface area (Å²) in [6.45, 7) is 1.97. The molecule has 0 aliphatic carbocycles. The fourth-order valence-corrected chi connectivity index (χ4v) is 1.84. The average molecular weight is 200 g/mol. The summed E-state index contributed by atoms with van der Waals surface area (Å²) in [7, 11) is 1.86. The predicted octanol–water partition coefficient (Wildman–Crippen LogP) is -0.471. The largest absolute Gasteiger partial charge is 0.474 e. The van der Waals surface area contributed by atoms with Gasteiger partial charge in [-0.3, -0.25) is 4.79 Å². The number of nitrogens with zero attached hydrogens (tertiary/aromatic N) is 1. The van der Waals surface area contributed by atoms with Crippen LogP contribution in [-0.4, -0.2) is 48.6 Å². The zero-order chi connectivity index (χ0) is 10.6. The average Bonchev–Trinajstić information content (AvgIpc) is 2.17. The van der Waals surface area contributed by atoms with Gasteiger partial charge in [0, 0.05) is 13.1 Å². The molecule has 1 fully saturated rings. The molecule has 5 heteroatoms. The van der Waals surface area contributed by atoms with Gasteiger partial charge in [-0.15, -0.1) is 0 Å². The van der Waals surface area contributed by atoms with E-state index < -0.39 is 11.9 Å². The van der Waals surface area contributed by atoms with Gasteiger partial charge in [-0.1, -0.05) is 0 Å². The second-order valence-corrected chi connectivity index (χ2v) is 3.62. The number of hydrogen-bond acceptors (Lipinski definition) is 3. The number of aliphatic carboxylic acids is 1. The van der Waals surface area contributed by atoms with E-state index in [1.807, 2.05) is 7.05 Å². The fraction of sp³-hybridized carbons (Fsp3) is 0.778. The maximum atomic E-state index is 11.2. The van der Waals surface area contributed by atoms with Crippen LogP contribution in [0.15, 0.2) is 0 Å². The lowest BCUT2D eigenvalue weighted by Gasteiger charge is -2.31. The molecule has 80 valence electrons. The molecule has 0 aromatic rings. The van der Waals surface area contributed by atoms with Crippen LogP contribution in [0.25, 0.3) is 0 Å². The number of amides is 1. The van der Waals surface area contributed by atoms with Crippen molar-refractivity contribution in [3.8, 4) is 0 Å². The molecule has 0 spiro atoms. The number of rotatable bonds is 2. The Kier molecular flexibility index (Phi) is 3.88. The summed E-state index contributed by atoms with van der Waals surface area (Å²) in [5.41, 5.74) is 0. The smallest absolute Gasteiger partial charge is 0.394 e. The van der Waals surface area contributed by atoms with Crippen molar-refractivity contribution >= 4 is 11.9 Å². The minimum atomic E-state index is -1.35. The van der Waals surface area contributed by atoms with Crippen LogP contribution in [-0.2, 0) is 9.59 Å². The molecule has 0 bridgehead atoms. The van der Waals surface area contributed by atoms with Crippen molar-refractivity contribution in [1.82, 2.24) is 10.2 Å². The zero-order valence-electron chi connectivity index (χ0n) is 8.32. The van der Waals surface area contributed by atoms with E-state index in [1.165, 1.54) is 4.90 Å². The van der Waals surface area contributed by atoms with Crippen LogP contribution >= 0.6 is 0 Å². The molecular formula is C9H16N2O3. The van der Waals surface area contributed by atoms with Crippen molar-refractivity contribution in [3.63, 3.8) is 0 Å². The van der Waals surface area contributed by atoms with E-state index >= 15 is 0 Å². The van der Waals surface area contributed by atoms with Crippen LogP contribution in [0.3, 0.4) is 0 Å². The van der Waals surface area contributed by atoms with E-state index in [9.17, 15) is 9.59 Å². The monoisotopic (exact) mass is 200 g/mol. The van der Waals surface area contributed by atoms with Gasteiger partial charge in [-0.05, 0) is 32.4 Å². The van der Waals surface area contributed by atoms with Crippen molar-refractivity contribution in [2.24, 2.45) is 5.92 Å². The third-order valence-electron chi connectivity index (χ3n) is 2.48. The number of nitrogens with one attached hydrogen (secondary N) is 1. The van der Waals surface area contributed by atoms with Crippen LogP contribution in [0.4, 0.5) is 0 Å². The molecule has 1 aliphatic rings. The first-order valence-corrected chi connectivity index (χ1v) is 4.82. The maximum Gasteiger partial charge on any atom is 0.394 e. The summed E-state index contributed by atoms with van der Waals surface area (Å²) in [5, 5.41) is 11.6. The molecule has 1 amide bonds. The topological polar surface area (TPSA) is 69.6 Å². The molecular weight excluding hydrogens is 184 g/mol. The van der Waals surface area contributed by atoms with Gasteiger partial charge in [0.05, 0.1) is 0 Å². The Hall–Kier alpha value is -1.10. The minimum Gasteiger partial charge on any atom is -0.474 e. The van der Waals surface area contributed by atoms with Gasteiger partial charge < -0.3 is 15.3 Å². The number of carbonyl (C=O) groups excluding carboxylic acids is 1. The van der Waals surface area contributed by atoms with Crippen LogP contribution in [0.2, 0.25) is 0 Å². The fourth-order valence-electron chi connectivity index (χ4n) is 1.84. The predicted molar refractivity (Wildman–Crippen MR) is 50.9 cm³/mol. The molecule has 0 radical (unpaired) electrons. The molecule has 1 aliphatic heterocycles. The lowest BCUT2D eigenvalue weighted by Crippen LogP contribution is -2.45. The van der Waals surface area contributed by atoms with E-state index in [2.05, 4.69) is 5.32 Å². The van der Waals surface area contributed by atoms with Crippen molar-refractivity contribution in [3.05, 3.63) is 0 Å². The van der Waals surface area contributed by atoms with Crippen LogP contribution in [0.5, 0.6) is 0 Å². The molecule has 14 heavy (non-hydrogen) atoms. The SMILES string of the molecule is CNCC1CCCN(C(=O)C(=O)O)C1. The number of hydrogen-bond donors (Lipinski definition) is 2. The normalized spacial score (nSPS) is 22.1. The Morgan fingerprint density at radius 3 is 2.86 bits per heavy atom. The van der Waals surface area contributed by atoms with Gasteiger partial charge in [0.2, 0.25) is 0 Å². The summed E-state index contributed by atoms with van der Waals surface area (Å²) in [5.74, 6) is -1.74. The van der Waals surface area contributed by atoms with E-state index in [0.717, 1.165) is 19.4 Å². The summed E-state index contributed by atoms with van der Waals surface area (Å²) in [6.07, 6.45) is 1.95. The number of piperidine rings is 1. The molecule has 0 aromatic carbocycles. The first-order chi connectivity index (χ1) is 6.65. The number of carboxylic acid groups (broad SMARTS) is 1. The highest BCUT2D eigenvalue weighted by Crippen LogP contribution is 2.15. The summed E-state index contributed by atoms with van der Waals surface area (Å²) in [6, 6.07) is 0. The Bertz CT molecular complexity index is 228. The van der Waals surface area contributed by atoms with Gasteiger partial charge in [0.25, 0.3) is 0 Å². The highest BCUT2D eigenvalue weighted by atomic mass is 16.4. The van der Waals surface area contributed by atoms with E-state index in [0.29, 0.717) is 19.0 Å². The van der Waals surface area contributed by atoms with Gasteiger partial charge in [0.1, 0.15) is 0 Å². The summed E-state index contributed by atoms with van der Waals surface area (Å²) >= 11 is 0. The van der Waals surface area contributed by atoms with Gasteiger partial charge in [-0.2, -0.15) is 0 Å². The first kappa shape index (κ1) is 11.0. The number of carboxylic acids is 1. The molecule has 1 atom stereocenters. The molecule has 1 rings (SSSR count). The molecule has 1 saturated heterocycles. The molecule has 1 heterocycles. The Morgan fingerprint density at radius 2 is 2.29 bits per heavy atom. The maximum absolute atomic E-state index is 11.2. The van der Waals surface area contributed by atoms with Crippen LogP contribution in [0.1, 0.15) is 12.8 Å². The quantitative estimate of drug-likeness (QED) is 0.591. The van der Waals surface area contributed by atoms with E-state index in [1.54, 1.807) is 0 Å². The summed E-state index contributed by atoms with van der Waals surface area (Å²) in [4.78, 5) is 23.0. The molecule has 5 nitrogen and oxygen atoms in total. The standard InChI is InChI=1S/C9H16N2O3/c1-10-5-7-3-2-4-11(6-7)8(12)9(13)14/h7,10H,2-6H2,1H3,(H,13,14). The third kappa shape index (κ3) is 2.70. The Balaban J connectivity index is 2.47. The molecule has 1 unspecified atom stereocenters. The lowest BCUT2D eigenvalue weighted by molar-refractivity contribution is -0.156. The van der Waals surface area contributed by atoms with E-state index in [-0.39, 0.29) is 0 Å². The molecule has 0 saturated carbocycles. The second-order valence-electron chi connectivity index (χ2n) is 3.62. The van der Waals surface area contributed by atoms with Crippen molar-refractivity contribution in [2.45, 2.75) is 12.8 Å². The van der Waals surface area contributed by atoms with Crippen molar-refractivity contribution < 1.29 is 14.7 Å². The summed E-state index contributed by atoms with van der Waals surface area (Å²) < 4.78 is 0. The Labute approximate surface area is 83.1 Å². The van der Waals surface area contributed by atoms with Crippen LogP contribution < -0.4 is 5.32 Å². The van der Waals surface area contributed by atoms with Gasteiger partial charge >= 0.3 is 11.9 Å². The first-order valence-electron chi connectivity index (χ1n) is 4.82. The number of likely N-dealkylation sites (tertiary alicyclic amines) is 1. The third-order valence-corrected chi connectivity index (χ3v) is 2.48. The highest BCUT2D eigenvalue weighted by molar-refractivity contribution is 6.31. The van der Waals surface area contributed by atoms with Gasteiger partial charge in [-0.25, -0.2) is 4.79 Å². The molecule has 2 N–H and O–H groups in total. The highest BCUT2D eigenvalue weighted by Gasteiger charge is 2.26. The molecule has 0 aromatic heterocycles. The van der Waals surface area contributed by atoms with Gasteiger partial charge in [0.15, 0.2) is 0 Å². The van der Waals surface area contributed by atoms with Crippen molar-refractivity contribution in [1.29, 1.82) is 0 Å². The van der Waals surface area contributed by atoms with E-state index in [4.69, 9.17) is 5.11 Å².